The van der Waals surface area contributed by atoms with Crippen LogP contribution in [0.25, 0.3) is 22.4 Å². The molecule has 4 aromatic rings. The highest BCUT2D eigenvalue weighted by Crippen LogP contribution is 2.26. The molecule has 25 heavy (non-hydrogen) atoms. The molecule has 0 saturated heterocycles. The van der Waals surface area contributed by atoms with Gasteiger partial charge in [0.05, 0.1) is 29.1 Å². The minimum Gasteiger partial charge on any atom is -0.478 e. The van der Waals surface area contributed by atoms with Gasteiger partial charge in [-0.3, -0.25) is 0 Å². The van der Waals surface area contributed by atoms with E-state index in [0.29, 0.717) is 22.4 Å². The number of carbonyl (C=O) groups is 1. The molecule has 0 radical (unpaired) electrons. The number of aromatic amines is 1. The van der Waals surface area contributed by atoms with E-state index in [1.165, 1.54) is 18.6 Å². The van der Waals surface area contributed by atoms with Gasteiger partial charge in [0.15, 0.2) is 0 Å². The molecule has 3 N–H and O–H groups in total. The first kappa shape index (κ1) is 15.2. The van der Waals surface area contributed by atoms with Gasteiger partial charge in [0.1, 0.15) is 11.9 Å². The second-order valence-corrected chi connectivity index (χ2v) is 5.70. The number of fused-ring (bicyclic) bond motifs is 1. The van der Waals surface area contributed by atoms with Crippen LogP contribution in [0.4, 0.5) is 0 Å². The van der Waals surface area contributed by atoms with E-state index >= 15 is 0 Å². The van der Waals surface area contributed by atoms with Crippen molar-refractivity contribution in [1.82, 2.24) is 9.97 Å². The number of nitrogens with zero attached hydrogens (tertiary/aromatic N) is 1. The molecule has 1 atom stereocenters. The molecule has 124 valence electrons. The third kappa shape index (κ3) is 2.79. The summed E-state index contributed by atoms with van der Waals surface area (Å²) in [5, 5.41) is 19.4. The van der Waals surface area contributed by atoms with E-state index < -0.39 is 12.1 Å². The Hall–Kier alpha value is -3.38. The number of H-pyrrole nitrogens is 1. The number of imidazole rings is 1. The molecule has 0 amide bonds. The summed E-state index contributed by atoms with van der Waals surface area (Å²) in [6, 6.07) is 13.8. The fourth-order valence-electron chi connectivity index (χ4n) is 2.73. The summed E-state index contributed by atoms with van der Waals surface area (Å²) in [7, 11) is 0. The molecular formula is C19H14N2O4. The van der Waals surface area contributed by atoms with Gasteiger partial charge in [0, 0.05) is 11.1 Å². The molecule has 0 bridgehead atoms. The lowest BCUT2D eigenvalue weighted by atomic mass is 10.0. The van der Waals surface area contributed by atoms with Crippen LogP contribution in [-0.4, -0.2) is 26.2 Å². The summed E-state index contributed by atoms with van der Waals surface area (Å²) in [6.07, 6.45) is 2.28. The van der Waals surface area contributed by atoms with Crippen LogP contribution in [0.1, 0.15) is 27.6 Å². The minimum atomic E-state index is -0.976. The van der Waals surface area contributed by atoms with Crippen LogP contribution in [0.3, 0.4) is 0 Å². The molecule has 0 aliphatic rings. The van der Waals surface area contributed by atoms with Crippen LogP contribution in [0, 0.1) is 0 Å². The Balaban J connectivity index is 1.65. The van der Waals surface area contributed by atoms with Gasteiger partial charge >= 0.3 is 5.97 Å². The first-order chi connectivity index (χ1) is 12.1. The summed E-state index contributed by atoms with van der Waals surface area (Å²) < 4.78 is 4.99. The molecule has 6 heteroatoms. The van der Waals surface area contributed by atoms with Crippen LogP contribution in [0.15, 0.2) is 65.5 Å². The third-order valence-corrected chi connectivity index (χ3v) is 4.09. The number of benzene rings is 2. The van der Waals surface area contributed by atoms with Crippen LogP contribution in [0.2, 0.25) is 0 Å². The fourth-order valence-corrected chi connectivity index (χ4v) is 2.73. The maximum atomic E-state index is 11.1. The van der Waals surface area contributed by atoms with Crippen molar-refractivity contribution in [2.45, 2.75) is 6.10 Å². The monoisotopic (exact) mass is 334 g/mol. The number of aromatic nitrogens is 2. The van der Waals surface area contributed by atoms with Crippen LogP contribution in [0.5, 0.6) is 0 Å². The lowest BCUT2D eigenvalue weighted by molar-refractivity contribution is 0.0697. The maximum Gasteiger partial charge on any atom is 0.335 e. The van der Waals surface area contributed by atoms with Crippen LogP contribution in [-0.2, 0) is 0 Å². The zero-order chi connectivity index (χ0) is 17.4. The van der Waals surface area contributed by atoms with Gasteiger partial charge in [-0.1, -0.05) is 24.3 Å². The number of aliphatic hydroxyl groups is 1. The second-order valence-electron chi connectivity index (χ2n) is 5.70. The summed E-state index contributed by atoms with van der Waals surface area (Å²) in [5.41, 5.74) is 3.85. The topological polar surface area (TPSA) is 99.3 Å². The zero-order valence-corrected chi connectivity index (χ0v) is 13.0. The maximum absolute atomic E-state index is 11.1. The van der Waals surface area contributed by atoms with Crippen molar-refractivity contribution < 1.29 is 19.4 Å². The average Bonchev–Trinajstić information content (AvgIpc) is 3.30. The number of carboxylic acids is 1. The standard InChI is InChI=1S/C19H14N2O4/c22-17(14-7-8-25-10-14)11-1-3-12(4-2-11)18-20-15-6-5-13(19(23)24)9-16(15)21-18/h1-10,17,22H,(H,20,21)(H,23,24). The average molecular weight is 334 g/mol. The zero-order valence-electron chi connectivity index (χ0n) is 13.0. The largest absolute Gasteiger partial charge is 0.478 e. The van der Waals surface area contributed by atoms with Crippen molar-refractivity contribution in [2.75, 3.05) is 0 Å². The first-order valence-electron chi connectivity index (χ1n) is 7.65. The Morgan fingerprint density at radius 1 is 1.08 bits per heavy atom. The molecule has 2 aromatic carbocycles. The van der Waals surface area contributed by atoms with E-state index in [1.54, 1.807) is 18.2 Å². The van der Waals surface area contributed by atoms with Gasteiger partial charge in [0.25, 0.3) is 0 Å². The Morgan fingerprint density at radius 3 is 2.56 bits per heavy atom. The Morgan fingerprint density at radius 2 is 1.88 bits per heavy atom. The number of aliphatic hydroxyl groups excluding tert-OH is 1. The highest BCUT2D eigenvalue weighted by Gasteiger charge is 2.13. The molecule has 0 saturated carbocycles. The van der Waals surface area contributed by atoms with Crippen LogP contribution < -0.4 is 0 Å². The van der Waals surface area contributed by atoms with Crippen molar-refractivity contribution in [3.63, 3.8) is 0 Å². The number of furan rings is 1. The van der Waals surface area contributed by atoms with Crippen molar-refractivity contribution in [2.24, 2.45) is 0 Å². The van der Waals surface area contributed by atoms with Crippen molar-refractivity contribution in [1.29, 1.82) is 0 Å². The van der Waals surface area contributed by atoms with Crippen LogP contribution >= 0.6 is 0 Å². The van der Waals surface area contributed by atoms with E-state index in [-0.39, 0.29) is 5.56 Å². The van der Waals surface area contributed by atoms with Gasteiger partial charge in [-0.2, -0.15) is 0 Å². The van der Waals surface area contributed by atoms with Gasteiger partial charge in [0.2, 0.25) is 0 Å². The molecule has 2 aromatic heterocycles. The molecule has 0 aliphatic carbocycles. The van der Waals surface area contributed by atoms with E-state index in [2.05, 4.69) is 9.97 Å². The van der Waals surface area contributed by atoms with E-state index in [1.807, 2.05) is 24.3 Å². The lowest BCUT2D eigenvalue weighted by Crippen LogP contribution is -1.97. The number of hydrogen-bond acceptors (Lipinski definition) is 4. The summed E-state index contributed by atoms with van der Waals surface area (Å²) in [5.74, 6) is -0.336. The van der Waals surface area contributed by atoms with Gasteiger partial charge in [-0.15, -0.1) is 0 Å². The Kier molecular flexibility index (Phi) is 3.59. The smallest absolute Gasteiger partial charge is 0.335 e. The number of aromatic carboxylic acids is 1. The molecule has 6 nitrogen and oxygen atoms in total. The molecule has 4 rings (SSSR count). The van der Waals surface area contributed by atoms with E-state index in [0.717, 1.165) is 11.1 Å². The molecular weight excluding hydrogens is 320 g/mol. The number of rotatable bonds is 4. The number of hydrogen-bond donors (Lipinski definition) is 3. The van der Waals surface area contributed by atoms with Gasteiger partial charge in [-0.25, -0.2) is 9.78 Å². The van der Waals surface area contributed by atoms with Crippen molar-refractivity contribution in [3.8, 4) is 11.4 Å². The molecule has 2 heterocycles. The van der Waals surface area contributed by atoms with Crippen molar-refractivity contribution >= 4 is 17.0 Å². The minimum absolute atomic E-state index is 0.210. The summed E-state index contributed by atoms with van der Waals surface area (Å²) in [6.45, 7) is 0. The van der Waals surface area contributed by atoms with Crippen molar-refractivity contribution in [3.05, 3.63) is 77.7 Å². The summed E-state index contributed by atoms with van der Waals surface area (Å²) >= 11 is 0. The highest BCUT2D eigenvalue weighted by atomic mass is 16.4. The number of carboxylic acid groups (broad SMARTS) is 1. The molecule has 0 spiro atoms. The Labute approximate surface area is 142 Å². The van der Waals surface area contributed by atoms with E-state index in [4.69, 9.17) is 9.52 Å². The lowest BCUT2D eigenvalue weighted by Gasteiger charge is -2.09. The first-order valence-corrected chi connectivity index (χ1v) is 7.65. The second kappa shape index (κ2) is 5.92. The normalized spacial score (nSPS) is 12.4. The predicted octanol–water partition coefficient (Wildman–Crippen LogP) is 3.60. The predicted molar refractivity (Wildman–Crippen MR) is 91.3 cm³/mol. The third-order valence-electron chi connectivity index (χ3n) is 4.09. The molecule has 1 unspecified atom stereocenters. The van der Waals surface area contributed by atoms with Gasteiger partial charge in [-0.05, 0) is 29.8 Å². The molecule has 0 aliphatic heterocycles. The van der Waals surface area contributed by atoms with E-state index in [9.17, 15) is 9.90 Å². The fraction of sp³-hybridized carbons (Fsp3) is 0.0526. The van der Waals surface area contributed by atoms with Gasteiger partial charge < -0.3 is 19.6 Å². The summed E-state index contributed by atoms with van der Waals surface area (Å²) in [4.78, 5) is 18.7. The molecule has 0 fully saturated rings. The SMILES string of the molecule is O=C(O)c1ccc2nc(-c3ccc(C(O)c4ccoc4)cc3)[nH]c2c1. The number of nitrogens with one attached hydrogen (secondary N) is 1. The Bertz CT molecular complexity index is 1030. The quantitative estimate of drug-likeness (QED) is 0.529. The highest BCUT2D eigenvalue weighted by molar-refractivity contribution is 5.93.